The lowest BCUT2D eigenvalue weighted by atomic mass is 9.96. The molecular weight excluding hydrogens is 226 g/mol. The highest BCUT2D eigenvalue weighted by Crippen LogP contribution is 2.21. The van der Waals surface area contributed by atoms with Crippen LogP contribution in [0.5, 0.6) is 0 Å². The first kappa shape index (κ1) is 15.3. The number of aliphatic hydroxyl groups excluding tert-OH is 1. The van der Waals surface area contributed by atoms with E-state index in [1.807, 2.05) is 13.8 Å². The first-order valence-electron chi connectivity index (χ1n) is 6.97. The molecular formula is C15H27NO2. The van der Waals surface area contributed by atoms with Crippen molar-refractivity contribution >= 4 is 0 Å². The van der Waals surface area contributed by atoms with Crippen molar-refractivity contribution in [2.75, 3.05) is 6.54 Å². The fourth-order valence-electron chi connectivity index (χ4n) is 2.49. The number of hydrogen-bond acceptors (Lipinski definition) is 3. The van der Waals surface area contributed by atoms with Crippen molar-refractivity contribution in [3.8, 4) is 0 Å². The summed E-state index contributed by atoms with van der Waals surface area (Å²) in [6, 6.07) is 2.28. The average molecular weight is 253 g/mol. The fraction of sp³-hybridized carbons (Fsp3) is 0.733. The van der Waals surface area contributed by atoms with E-state index in [1.165, 1.54) is 5.56 Å². The Bertz CT molecular complexity index is 355. The molecule has 2 N–H and O–H groups in total. The molecule has 0 bridgehead atoms. The maximum atomic E-state index is 10.1. The van der Waals surface area contributed by atoms with Gasteiger partial charge < -0.3 is 14.8 Å². The van der Waals surface area contributed by atoms with Crippen LogP contribution in [-0.4, -0.2) is 17.8 Å². The van der Waals surface area contributed by atoms with Crippen molar-refractivity contribution in [2.45, 2.75) is 59.6 Å². The normalized spacial score (nSPS) is 15.1. The van der Waals surface area contributed by atoms with Crippen LogP contribution in [0.1, 0.15) is 56.7 Å². The third-order valence-corrected chi connectivity index (χ3v) is 3.77. The van der Waals surface area contributed by atoms with E-state index in [-0.39, 0.29) is 12.1 Å². The second kappa shape index (κ2) is 6.95. The zero-order valence-corrected chi connectivity index (χ0v) is 12.3. The largest absolute Gasteiger partial charge is 0.466 e. The van der Waals surface area contributed by atoms with Gasteiger partial charge in [-0.2, -0.15) is 0 Å². The summed E-state index contributed by atoms with van der Waals surface area (Å²) < 4.78 is 5.53. The third-order valence-electron chi connectivity index (χ3n) is 3.77. The summed E-state index contributed by atoms with van der Waals surface area (Å²) in [5.41, 5.74) is 1.18. The van der Waals surface area contributed by atoms with Crippen LogP contribution in [0.25, 0.3) is 0 Å². The number of rotatable bonds is 7. The van der Waals surface area contributed by atoms with Crippen LogP contribution in [0.3, 0.4) is 0 Å². The van der Waals surface area contributed by atoms with Crippen molar-refractivity contribution in [3.05, 3.63) is 23.2 Å². The van der Waals surface area contributed by atoms with Gasteiger partial charge in [0.25, 0.3) is 0 Å². The zero-order valence-electron chi connectivity index (χ0n) is 12.3. The molecule has 0 aliphatic carbocycles. The summed E-state index contributed by atoms with van der Waals surface area (Å²) in [7, 11) is 0. The summed E-state index contributed by atoms with van der Waals surface area (Å²) in [6.07, 6.45) is 1.78. The summed E-state index contributed by atoms with van der Waals surface area (Å²) in [6.45, 7) is 10.9. The molecule has 1 aromatic heterocycles. The molecule has 0 aliphatic heterocycles. The summed E-state index contributed by atoms with van der Waals surface area (Å²) >= 11 is 0. The second-order valence-electron chi connectivity index (χ2n) is 5.14. The third kappa shape index (κ3) is 3.85. The molecule has 0 saturated heterocycles. The van der Waals surface area contributed by atoms with Gasteiger partial charge in [-0.25, -0.2) is 0 Å². The van der Waals surface area contributed by atoms with Gasteiger partial charge in [-0.05, 0) is 32.8 Å². The highest BCUT2D eigenvalue weighted by atomic mass is 16.3. The van der Waals surface area contributed by atoms with Gasteiger partial charge in [0, 0.05) is 18.2 Å². The lowest BCUT2D eigenvalue weighted by molar-refractivity contribution is 0.0988. The molecule has 0 aliphatic rings. The van der Waals surface area contributed by atoms with Gasteiger partial charge in [-0.15, -0.1) is 0 Å². The van der Waals surface area contributed by atoms with E-state index in [1.54, 1.807) is 0 Å². The number of hydrogen-bond donors (Lipinski definition) is 2. The van der Waals surface area contributed by atoms with Crippen molar-refractivity contribution in [1.29, 1.82) is 0 Å². The van der Waals surface area contributed by atoms with Gasteiger partial charge in [-0.3, -0.25) is 0 Å². The minimum Gasteiger partial charge on any atom is -0.466 e. The van der Waals surface area contributed by atoms with Gasteiger partial charge >= 0.3 is 0 Å². The minimum absolute atomic E-state index is 0.214. The fourth-order valence-corrected chi connectivity index (χ4v) is 2.49. The highest BCUT2D eigenvalue weighted by molar-refractivity contribution is 5.23. The van der Waals surface area contributed by atoms with E-state index in [9.17, 15) is 5.11 Å². The van der Waals surface area contributed by atoms with Gasteiger partial charge in [-0.1, -0.05) is 26.7 Å². The first-order chi connectivity index (χ1) is 8.49. The molecule has 0 spiro atoms. The standard InChI is InChI=1S/C15H27NO2/c1-6-13(7-2)15(17)9-16-11(4)14-8-10(3)18-12(14)5/h8,11,13,15-17H,6-7,9H2,1-5H3. The van der Waals surface area contributed by atoms with E-state index in [4.69, 9.17) is 4.42 Å². The van der Waals surface area contributed by atoms with Crippen molar-refractivity contribution in [3.63, 3.8) is 0 Å². The van der Waals surface area contributed by atoms with Crippen molar-refractivity contribution in [2.24, 2.45) is 5.92 Å². The maximum absolute atomic E-state index is 10.1. The maximum Gasteiger partial charge on any atom is 0.105 e. The molecule has 104 valence electrons. The average Bonchev–Trinajstić information content (AvgIpc) is 2.67. The number of nitrogens with one attached hydrogen (secondary N) is 1. The molecule has 0 radical (unpaired) electrons. The highest BCUT2D eigenvalue weighted by Gasteiger charge is 2.18. The molecule has 3 nitrogen and oxygen atoms in total. The summed E-state index contributed by atoms with van der Waals surface area (Å²) in [4.78, 5) is 0. The van der Waals surface area contributed by atoms with E-state index in [0.717, 1.165) is 24.4 Å². The molecule has 2 atom stereocenters. The van der Waals surface area contributed by atoms with Gasteiger partial charge in [0.2, 0.25) is 0 Å². The van der Waals surface area contributed by atoms with Gasteiger partial charge in [0.15, 0.2) is 0 Å². The van der Waals surface area contributed by atoms with Crippen LogP contribution < -0.4 is 5.32 Å². The monoisotopic (exact) mass is 253 g/mol. The Kier molecular flexibility index (Phi) is 5.89. The minimum atomic E-state index is -0.268. The topological polar surface area (TPSA) is 45.4 Å². The van der Waals surface area contributed by atoms with Gasteiger partial charge in [0.05, 0.1) is 6.10 Å². The van der Waals surface area contributed by atoms with Crippen LogP contribution in [0.15, 0.2) is 10.5 Å². The molecule has 2 unspecified atom stereocenters. The quantitative estimate of drug-likeness (QED) is 0.783. The molecule has 0 aromatic carbocycles. The molecule has 3 heteroatoms. The lowest BCUT2D eigenvalue weighted by Crippen LogP contribution is -2.34. The first-order valence-corrected chi connectivity index (χ1v) is 6.97. The van der Waals surface area contributed by atoms with E-state index < -0.39 is 0 Å². The van der Waals surface area contributed by atoms with E-state index >= 15 is 0 Å². The zero-order chi connectivity index (χ0) is 13.7. The molecule has 1 heterocycles. The van der Waals surface area contributed by atoms with E-state index in [0.29, 0.717) is 12.5 Å². The Labute approximate surface area is 111 Å². The number of aliphatic hydroxyl groups is 1. The molecule has 1 rings (SSSR count). The Hall–Kier alpha value is -0.800. The van der Waals surface area contributed by atoms with Crippen LogP contribution in [0.2, 0.25) is 0 Å². The summed E-state index contributed by atoms with van der Waals surface area (Å²) in [5.74, 6) is 2.29. The van der Waals surface area contributed by atoms with Crippen molar-refractivity contribution in [1.82, 2.24) is 5.32 Å². The molecule has 1 aromatic rings. The summed E-state index contributed by atoms with van der Waals surface area (Å²) in [5, 5.41) is 13.5. The predicted molar refractivity (Wildman–Crippen MR) is 74.7 cm³/mol. The Morgan fingerprint density at radius 3 is 2.33 bits per heavy atom. The number of aryl methyl sites for hydroxylation is 2. The number of furan rings is 1. The molecule has 0 amide bonds. The van der Waals surface area contributed by atoms with Gasteiger partial charge in [0.1, 0.15) is 11.5 Å². The Morgan fingerprint density at radius 2 is 1.89 bits per heavy atom. The molecule has 18 heavy (non-hydrogen) atoms. The van der Waals surface area contributed by atoms with Crippen LogP contribution in [0, 0.1) is 19.8 Å². The van der Waals surface area contributed by atoms with Crippen LogP contribution in [-0.2, 0) is 0 Å². The lowest BCUT2D eigenvalue weighted by Gasteiger charge is -2.22. The van der Waals surface area contributed by atoms with Crippen LogP contribution in [0.4, 0.5) is 0 Å². The van der Waals surface area contributed by atoms with E-state index in [2.05, 4.69) is 32.2 Å². The van der Waals surface area contributed by atoms with Crippen LogP contribution >= 0.6 is 0 Å². The smallest absolute Gasteiger partial charge is 0.105 e. The Balaban J connectivity index is 2.50. The second-order valence-corrected chi connectivity index (χ2v) is 5.14. The molecule has 0 fully saturated rings. The predicted octanol–water partition coefficient (Wildman–Crippen LogP) is 3.34. The Morgan fingerprint density at radius 1 is 1.28 bits per heavy atom. The van der Waals surface area contributed by atoms with Crippen molar-refractivity contribution < 1.29 is 9.52 Å². The SMILES string of the molecule is CCC(CC)C(O)CNC(C)c1cc(C)oc1C. The molecule has 0 saturated carbocycles.